The molecule has 6 rings (SSSR count). The molecule has 2 aromatic carbocycles. The topological polar surface area (TPSA) is 0 Å². The van der Waals surface area contributed by atoms with Gasteiger partial charge in [0.15, 0.2) is 0 Å². The molecule has 3 atom stereocenters. The van der Waals surface area contributed by atoms with Crippen molar-refractivity contribution >= 4 is 12.2 Å². The van der Waals surface area contributed by atoms with Gasteiger partial charge >= 0.3 is 0 Å². The Morgan fingerprint density at radius 1 is 0.692 bits per heavy atom. The summed E-state index contributed by atoms with van der Waals surface area (Å²) in [7, 11) is 0. The Balaban J connectivity index is 1.47. The van der Waals surface area contributed by atoms with Crippen molar-refractivity contribution in [3.63, 3.8) is 0 Å². The van der Waals surface area contributed by atoms with E-state index in [-0.39, 0.29) is 0 Å². The van der Waals surface area contributed by atoms with E-state index in [1.165, 1.54) is 43.2 Å². The van der Waals surface area contributed by atoms with E-state index in [1.807, 2.05) is 0 Å². The van der Waals surface area contributed by atoms with Crippen molar-refractivity contribution < 1.29 is 0 Å². The van der Waals surface area contributed by atoms with E-state index < -0.39 is 0 Å². The second-order valence-corrected chi connectivity index (χ2v) is 8.88. The summed E-state index contributed by atoms with van der Waals surface area (Å²) in [6.45, 7) is 0. The van der Waals surface area contributed by atoms with Crippen LogP contribution in [0.1, 0.15) is 43.2 Å². The highest BCUT2D eigenvalue weighted by atomic mass is 14.6. The normalized spacial score (nSPS) is 35.5. The van der Waals surface area contributed by atoms with Gasteiger partial charge in [0.1, 0.15) is 0 Å². The first kappa shape index (κ1) is 16.1. The molecule has 4 aliphatic carbocycles. The van der Waals surface area contributed by atoms with E-state index in [0.717, 1.165) is 17.8 Å². The molecule has 4 aliphatic rings. The quantitative estimate of drug-likeness (QED) is 0.570. The summed E-state index contributed by atoms with van der Waals surface area (Å²) >= 11 is 0. The molecule has 3 unspecified atom stereocenters. The molecule has 0 radical (unpaired) electrons. The predicted molar refractivity (Wildman–Crippen MR) is 110 cm³/mol. The molecule has 0 N–H and O–H groups in total. The number of benzene rings is 2. The van der Waals surface area contributed by atoms with Gasteiger partial charge in [0.25, 0.3) is 0 Å². The highest BCUT2D eigenvalue weighted by Crippen LogP contribution is 2.64. The second-order valence-electron chi connectivity index (χ2n) is 8.88. The monoisotopic (exact) mass is 340 g/mol. The van der Waals surface area contributed by atoms with Crippen LogP contribution in [0.2, 0.25) is 0 Å². The third kappa shape index (κ3) is 2.96. The Hall–Kier alpha value is -2.08. The summed E-state index contributed by atoms with van der Waals surface area (Å²) in [4.78, 5) is 0. The van der Waals surface area contributed by atoms with Gasteiger partial charge in [-0.1, -0.05) is 85.0 Å². The lowest BCUT2D eigenvalue weighted by atomic mass is 9.45. The van der Waals surface area contributed by atoms with E-state index in [2.05, 4.69) is 85.0 Å². The van der Waals surface area contributed by atoms with Gasteiger partial charge in [-0.3, -0.25) is 0 Å². The van der Waals surface area contributed by atoms with Gasteiger partial charge in [-0.05, 0) is 72.3 Å². The van der Waals surface area contributed by atoms with Crippen LogP contribution in [0, 0.1) is 29.1 Å². The van der Waals surface area contributed by atoms with Crippen LogP contribution in [0.3, 0.4) is 0 Å². The molecule has 0 nitrogen and oxygen atoms in total. The highest BCUT2D eigenvalue weighted by Gasteiger charge is 2.54. The third-order valence-corrected chi connectivity index (χ3v) is 7.15. The van der Waals surface area contributed by atoms with Gasteiger partial charge in [-0.2, -0.15) is 0 Å². The van der Waals surface area contributed by atoms with Gasteiger partial charge in [0.2, 0.25) is 0 Å². The second kappa shape index (κ2) is 6.58. The zero-order chi connectivity index (χ0) is 17.4. The molecule has 0 amide bonds. The summed E-state index contributed by atoms with van der Waals surface area (Å²) in [5.41, 5.74) is 3.06. The van der Waals surface area contributed by atoms with Crippen molar-refractivity contribution in [1.82, 2.24) is 0 Å². The summed E-state index contributed by atoms with van der Waals surface area (Å²) in [5.74, 6) is 3.53. The number of rotatable bonds is 4. The van der Waals surface area contributed by atoms with E-state index in [9.17, 15) is 0 Å². The van der Waals surface area contributed by atoms with Crippen LogP contribution in [-0.2, 0) is 0 Å². The van der Waals surface area contributed by atoms with Crippen LogP contribution >= 0.6 is 0 Å². The van der Waals surface area contributed by atoms with E-state index >= 15 is 0 Å². The van der Waals surface area contributed by atoms with Crippen LogP contribution in [0.5, 0.6) is 0 Å². The molecular weight excluding hydrogens is 312 g/mol. The predicted octanol–water partition coefficient (Wildman–Crippen LogP) is 6.86. The largest absolute Gasteiger partial charge is 0.0797 e. The molecule has 132 valence electrons. The minimum atomic E-state index is 0.385. The molecule has 0 saturated heterocycles. The first-order chi connectivity index (χ1) is 12.8. The minimum Gasteiger partial charge on any atom is -0.0797 e. The summed E-state index contributed by atoms with van der Waals surface area (Å²) < 4.78 is 0. The van der Waals surface area contributed by atoms with Gasteiger partial charge in [-0.25, -0.2) is 0 Å². The van der Waals surface area contributed by atoms with Gasteiger partial charge < -0.3 is 0 Å². The van der Waals surface area contributed by atoms with Crippen LogP contribution in [0.15, 0.2) is 72.8 Å². The zero-order valence-electron chi connectivity index (χ0n) is 15.4. The maximum Gasteiger partial charge on any atom is -0.00441 e. The fraction of sp³-hybridized carbons (Fsp3) is 0.385. The van der Waals surface area contributed by atoms with Crippen molar-refractivity contribution in [2.24, 2.45) is 29.1 Å². The van der Waals surface area contributed by atoms with E-state index in [0.29, 0.717) is 11.3 Å². The fourth-order valence-electron chi connectivity index (χ4n) is 6.34. The van der Waals surface area contributed by atoms with Crippen LogP contribution < -0.4 is 0 Å². The van der Waals surface area contributed by atoms with Crippen molar-refractivity contribution in [3.8, 4) is 0 Å². The van der Waals surface area contributed by atoms with Crippen LogP contribution in [0.4, 0.5) is 0 Å². The van der Waals surface area contributed by atoms with Crippen LogP contribution in [0.25, 0.3) is 12.2 Å². The Morgan fingerprint density at radius 2 is 1.27 bits per heavy atom. The lowest BCUT2D eigenvalue weighted by molar-refractivity contribution is -0.0603. The fourth-order valence-corrected chi connectivity index (χ4v) is 6.34. The first-order valence-corrected chi connectivity index (χ1v) is 10.3. The third-order valence-electron chi connectivity index (χ3n) is 7.15. The Kier molecular flexibility index (Phi) is 4.08. The molecule has 0 aromatic heterocycles. The number of hydrogen-bond acceptors (Lipinski definition) is 0. The summed E-state index contributed by atoms with van der Waals surface area (Å²) in [6.07, 6.45) is 17.1. The Labute approximate surface area is 157 Å². The first-order valence-electron chi connectivity index (χ1n) is 10.3. The maximum absolute atomic E-state index is 2.60. The van der Waals surface area contributed by atoms with Crippen molar-refractivity contribution in [2.45, 2.75) is 32.1 Å². The Bertz CT molecular complexity index is 784. The molecule has 4 fully saturated rings. The molecular formula is C26H28. The SMILES string of the molecule is C(=CC1C2CC3CC(C2)CC1(C=Cc1ccccc1)C3)c1ccccc1. The smallest absolute Gasteiger partial charge is 0.00441 e. The molecule has 0 heteroatoms. The maximum atomic E-state index is 2.60. The summed E-state index contributed by atoms with van der Waals surface area (Å²) in [5, 5.41) is 0. The summed E-state index contributed by atoms with van der Waals surface area (Å²) in [6, 6.07) is 21.7. The van der Waals surface area contributed by atoms with Crippen molar-refractivity contribution in [2.75, 3.05) is 0 Å². The molecule has 2 aromatic rings. The average molecular weight is 341 g/mol. The van der Waals surface area contributed by atoms with E-state index in [1.54, 1.807) is 0 Å². The molecule has 0 aliphatic heterocycles. The minimum absolute atomic E-state index is 0.385. The molecule has 4 bridgehead atoms. The molecule has 26 heavy (non-hydrogen) atoms. The molecule has 4 saturated carbocycles. The van der Waals surface area contributed by atoms with Crippen molar-refractivity contribution in [3.05, 3.63) is 83.9 Å². The molecule has 0 heterocycles. The number of allylic oxidation sites excluding steroid dienone is 2. The van der Waals surface area contributed by atoms with Gasteiger partial charge in [0.05, 0.1) is 0 Å². The average Bonchev–Trinajstić information content (AvgIpc) is 2.67. The molecule has 0 spiro atoms. The van der Waals surface area contributed by atoms with Gasteiger partial charge in [-0.15, -0.1) is 0 Å². The lowest BCUT2D eigenvalue weighted by Gasteiger charge is -2.60. The van der Waals surface area contributed by atoms with E-state index in [4.69, 9.17) is 0 Å². The lowest BCUT2D eigenvalue weighted by Crippen LogP contribution is -2.51. The number of hydrogen-bond donors (Lipinski definition) is 0. The van der Waals surface area contributed by atoms with Crippen molar-refractivity contribution in [1.29, 1.82) is 0 Å². The highest BCUT2D eigenvalue weighted by molar-refractivity contribution is 5.52. The Morgan fingerprint density at radius 3 is 1.88 bits per heavy atom. The standard InChI is InChI=1S/C26H28/c1-3-7-20(8-4-1)11-12-25-24-16-22-15-23(17-24)19-26(25,18-22)14-13-21-9-5-2-6-10-21/h1-14,22-25H,15-19H2. The van der Waals surface area contributed by atoms with Gasteiger partial charge in [0, 0.05) is 0 Å². The van der Waals surface area contributed by atoms with Crippen LogP contribution in [-0.4, -0.2) is 0 Å². The zero-order valence-corrected chi connectivity index (χ0v) is 15.4.